The first-order chi connectivity index (χ1) is 35.7. The molecule has 1 aliphatic rings. The van der Waals surface area contributed by atoms with Gasteiger partial charge in [0.15, 0.2) is 23.1 Å². The van der Waals surface area contributed by atoms with Gasteiger partial charge in [0, 0.05) is 44.4 Å². The molecule has 30 heteroatoms. The Labute approximate surface area is 428 Å². The molecule has 0 bridgehead atoms. The lowest BCUT2D eigenvalue weighted by Crippen LogP contribution is -2.20. The van der Waals surface area contributed by atoms with Crippen LogP contribution in [0.5, 0.6) is 11.5 Å². The van der Waals surface area contributed by atoms with Crippen LogP contribution in [-0.2, 0) is 40.3 Å². The summed E-state index contributed by atoms with van der Waals surface area (Å²) in [6.07, 6.45) is 0. The Balaban J connectivity index is 1.01. The van der Waals surface area contributed by atoms with Crippen LogP contribution in [0.25, 0.3) is 21.5 Å². The second-order valence-electron chi connectivity index (χ2n) is 16.3. The molecule has 12 N–H and O–H groups in total. The number of carbonyl (C=O) groups excluding carboxylic acids is 2. The van der Waals surface area contributed by atoms with E-state index in [1.54, 1.807) is 0 Å². The predicted octanol–water partition coefficient (Wildman–Crippen LogP) is 8.79. The number of carbonyl (C=O) groups is 2. The van der Waals surface area contributed by atoms with Crippen molar-refractivity contribution in [1.29, 1.82) is 0 Å². The maximum atomic E-state index is 13.9. The van der Waals surface area contributed by atoms with Crippen LogP contribution in [0.3, 0.4) is 0 Å². The van der Waals surface area contributed by atoms with Crippen LogP contribution < -0.4 is 21.7 Å². The van der Waals surface area contributed by atoms with Gasteiger partial charge >= 0.3 is 0 Å². The highest BCUT2D eigenvalue weighted by atomic mass is 32.2. The van der Waals surface area contributed by atoms with Crippen LogP contribution >= 0.6 is 0 Å². The first kappa shape index (κ1) is 51.7. The van der Waals surface area contributed by atoms with Crippen molar-refractivity contribution in [3.8, 4) is 11.5 Å². The summed E-state index contributed by atoms with van der Waals surface area (Å²) >= 11 is 0. The predicted molar refractivity (Wildman–Crippen MR) is 272 cm³/mol. The second kappa shape index (κ2) is 19.0. The van der Waals surface area contributed by atoms with Crippen molar-refractivity contribution in [2.45, 2.75) is 19.6 Å². The zero-order valence-electron chi connectivity index (χ0n) is 37.9. The lowest BCUT2D eigenvalue weighted by atomic mass is 9.83. The van der Waals surface area contributed by atoms with Crippen LogP contribution in [0.2, 0.25) is 0 Å². The van der Waals surface area contributed by atoms with Crippen molar-refractivity contribution in [3.05, 3.63) is 144 Å². The summed E-state index contributed by atoms with van der Waals surface area (Å²) in [5.74, 6) is -3.11. The van der Waals surface area contributed by atoms with Gasteiger partial charge in [0.25, 0.3) is 20.2 Å². The molecule has 0 spiro atoms. The van der Waals surface area contributed by atoms with Crippen molar-refractivity contribution in [2.24, 2.45) is 51.2 Å². The zero-order chi connectivity index (χ0) is 54.8. The highest BCUT2D eigenvalue weighted by molar-refractivity contribution is 7.89. The topological polar surface area (TPSA) is 455 Å². The van der Waals surface area contributed by atoms with Crippen molar-refractivity contribution >= 4 is 130 Å². The summed E-state index contributed by atoms with van der Waals surface area (Å²) in [5.41, 5.74) is 10.0. The number of aromatic hydroxyl groups is 2. The van der Waals surface area contributed by atoms with Crippen molar-refractivity contribution in [3.63, 3.8) is 0 Å². The molecule has 0 aromatic heterocycles. The fourth-order valence-electron chi connectivity index (χ4n) is 7.80. The molecule has 76 heavy (non-hydrogen) atoms. The number of nitrogens with zero attached hydrogens (tertiary/aromatic N) is 8. The van der Waals surface area contributed by atoms with E-state index >= 15 is 0 Å². The van der Waals surface area contributed by atoms with Gasteiger partial charge in [-0.05, 0) is 121 Å². The van der Waals surface area contributed by atoms with E-state index in [4.69, 9.17) is 21.7 Å². The average molecular weight is 1110 g/mol. The molecular formula is C46H32N12O14S4. The Kier molecular flexibility index (Phi) is 12.9. The minimum absolute atomic E-state index is 0.0494. The SMILES string of the molecule is Nc1ccc(N=Nc2ccc(S(N)(=O)=O)cc2)c2cc(S(=O)(=O)O)c(N=Nc3ccc4c(c3)C(=O)c3ccc(N=Nc5c(S(=O)(=O)O)cc6c(N=Nc7ccc(S(N)(=O)=O)cc7)ccc(N)c6c5O)cc3C4=O)c(O)c12. The normalized spacial score (nSPS) is 13.5. The molecule has 0 unspecified atom stereocenters. The van der Waals surface area contributed by atoms with E-state index in [9.17, 15) is 62.6 Å². The Morgan fingerprint density at radius 2 is 0.711 bits per heavy atom. The van der Waals surface area contributed by atoms with Crippen molar-refractivity contribution in [1.82, 2.24) is 0 Å². The largest absolute Gasteiger partial charge is 0.505 e. The van der Waals surface area contributed by atoms with E-state index in [0.29, 0.717) is 0 Å². The zero-order valence-corrected chi connectivity index (χ0v) is 41.2. The number of anilines is 2. The highest BCUT2D eigenvalue weighted by Crippen LogP contribution is 2.48. The Morgan fingerprint density at radius 3 is 1.04 bits per heavy atom. The summed E-state index contributed by atoms with van der Waals surface area (Å²) in [5, 5.41) is 64.6. The minimum Gasteiger partial charge on any atom is -0.505 e. The Hall–Kier alpha value is -9.14. The lowest BCUT2D eigenvalue weighted by Gasteiger charge is -2.17. The van der Waals surface area contributed by atoms with Crippen LogP contribution in [0.15, 0.2) is 182 Å². The number of nitrogens with two attached hydrogens (primary N) is 4. The molecule has 8 aromatic rings. The quantitative estimate of drug-likeness (QED) is 0.0322. The van der Waals surface area contributed by atoms with Crippen molar-refractivity contribution < 1.29 is 62.6 Å². The first-order valence-corrected chi connectivity index (χ1v) is 27.1. The van der Waals surface area contributed by atoms with Crippen LogP contribution in [0.1, 0.15) is 31.8 Å². The number of nitrogen functional groups attached to an aromatic ring is 2. The minimum atomic E-state index is -5.18. The molecule has 1 aliphatic carbocycles. The van der Waals surface area contributed by atoms with Crippen LogP contribution in [0, 0.1) is 0 Å². The van der Waals surface area contributed by atoms with E-state index < -0.39 is 84.5 Å². The van der Waals surface area contributed by atoms with Gasteiger partial charge in [-0.15, -0.1) is 20.5 Å². The summed E-state index contributed by atoms with van der Waals surface area (Å²) in [4.78, 5) is 25.6. The smallest absolute Gasteiger partial charge is 0.296 e. The third-order valence-corrected chi connectivity index (χ3v) is 15.0. The van der Waals surface area contributed by atoms with Gasteiger partial charge in [0.05, 0.1) is 54.7 Å². The van der Waals surface area contributed by atoms with E-state index in [1.165, 1.54) is 97.1 Å². The third-order valence-electron chi connectivity index (χ3n) is 11.4. The lowest BCUT2D eigenvalue weighted by molar-refractivity contribution is 0.0979. The summed E-state index contributed by atoms with van der Waals surface area (Å²) < 4.78 is 118. The molecule has 8 aromatic carbocycles. The molecule has 26 nitrogen and oxygen atoms in total. The molecule has 0 saturated carbocycles. The number of azo groups is 4. The van der Waals surface area contributed by atoms with E-state index in [-0.39, 0.29) is 99.1 Å². The number of phenols is 2. The number of phenolic OH excluding ortho intramolecular Hbond substituents is 2. The standard InChI is InChI=1S/C46H32N12O14S4/c47-33-13-15-35(55-51-21-1-7-25(8-2-21)73(49,63)64)31-19-37(75(67,68)69)41(45(61)39(31)33)57-53-23-5-11-27-29(17-23)43(59)28-12-6-24(18-30(28)44(27)60)54-58-42-38(76(70,71)72)20-32-36(16-14-34(48)40(32)46(42)62)56-52-22-3-9-26(10-4-22)74(50,65)66/h1-20,61-62H,47-48H2,(H2,49,63,64)(H2,50,65,66)(H,67,68,69)(H,70,71,72). The fraction of sp³-hybridized carbons (Fsp3) is 0. The molecular weight excluding hydrogens is 1070 g/mol. The number of primary sulfonamides is 2. The highest BCUT2D eigenvalue weighted by Gasteiger charge is 2.31. The van der Waals surface area contributed by atoms with Gasteiger partial charge in [-0.1, -0.05) is 0 Å². The Bertz CT molecular complexity index is 4190. The van der Waals surface area contributed by atoms with Gasteiger partial charge in [-0.3, -0.25) is 18.7 Å². The fourth-order valence-corrected chi connectivity index (χ4v) is 10.1. The molecule has 0 saturated heterocycles. The number of sulfonamides is 2. The number of fused-ring (bicyclic) bond motifs is 4. The van der Waals surface area contributed by atoms with Crippen LogP contribution in [-0.4, -0.2) is 64.6 Å². The average Bonchev–Trinajstić information content (AvgIpc) is 3.37. The molecule has 0 heterocycles. The number of hydrogen-bond acceptors (Lipinski definition) is 22. The molecule has 0 fully saturated rings. The summed E-state index contributed by atoms with van der Waals surface area (Å²) in [7, 11) is -18.4. The maximum Gasteiger partial charge on any atom is 0.296 e. The van der Waals surface area contributed by atoms with Gasteiger partial charge in [-0.25, -0.2) is 27.1 Å². The first-order valence-electron chi connectivity index (χ1n) is 21.1. The van der Waals surface area contributed by atoms with Gasteiger partial charge in [-0.2, -0.15) is 37.3 Å². The molecule has 0 atom stereocenters. The van der Waals surface area contributed by atoms with Gasteiger partial charge < -0.3 is 21.7 Å². The molecule has 384 valence electrons. The van der Waals surface area contributed by atoms with Gasteiger partial charge in [0.1, 0.15) is 21.2 Å². The molecule has 0 aliphatic heterocycles. The molecule has 9 rings (SSSR count). The molecule has 0 radical (unpaired) electrons. The maximum absolute atomic E-state index is 13.9. The Morgan fingerprint density at radius 1 is 0.382 bits per heavy atom. The number of hydrogen-bond donors (Lipinski definition) is 8. The van der Waals surface area contributed by atoms with Gasteiger partial charge in [0.2, 0.25) is 20.0 Å². The third kappa shape index (κ3) is 9.97. The number of ketones is 2. The number of benzene rings is 8. The van der Waals surface area contributed by atoms with E-state index in [2.05, 4.69) is 40.9 Å². The summed E-state index contributed by atoms with van der Waals surface area (Å²) in [6.45, 7) is 0. The monoisotopic (exact) mass is 1100 g/mol. The number of rotatable bonds is 12. The van der Waals surface area contributed by atoms with E-state index in [0.717, 1.165) is 24.3 Å². The van der Waals surface area contributed by atoms with Crippen LogP contribution in [0.4, 0.5) is 56.9 Å². The van der Waals surface area contributed by atoms with E-state index in [1.807, 2.05) is 0 Å². The second-order valence-corrected chi connectivity index (χ2v) is 22.2. The molecule has 0 amide bonds. The van der Waals surface area contributed by atoms with Crippen molar-refractivity contribution in [2.75, 3.05) is 11.5 Å². The summed E-state index contributed by atoms with van der Waals surface area (Å²) in [6, 6.07) is 24.3.